The van der Waals surface area contributed by atoms with Gasteiger partial charge in [-0.3, -0.25) is 0 Å². The molecule has 3 rings (SSSR count). The van der Waals surface area contributed by atoms with Gasteiger partial charge in [-0.2, -0.15) is 0 Å². The van der Waals surface area contributed by atoms with E-state index in [1.807, 2.05) is 11.3 Å². The van der Waals surface area contributed by atoms with Crippen molar-refractivity contribution in [2.45, 2.75) is 57.5 Å². The second-order valence-electron chi connectivity index (χ2n) is 4.69. The molecule has 15 heavy (non-hydrogen) atoms. The number of nitrogens with one attached hydrogen (secondary N) is 1. The van der Waals surface area contributed by atoms with Crippen LogP contribution in [0.5, 0.6) is 0 Å². The monoisotopic (exact) mass is 222 g/mol. The normalized spacial score (nSPS) is 21.1. The average Bonchev–Trinajstić information content (AvgIpc) is 2.91. The summed E-state index contributed by atoms with van der Waals surface area (Å²) in [6.45, 7) is 1.00. The number of rotatable bonds is 3. The van der Waals surface area contributed by atoms with Crippen LogP contribution in [-0.2, 0) is 19.4 Å². The van der Waals surface area contributed by atoms with E-state index < -0.39 is 0 Å². The Bertz CT molecular complexity index is 318. The van der Waals surface area contributed by atoms with Gasteiger partial charge in [0.25, 0.3) is 0 Å². The summed E-state index contributed by atoms with van der Waals surface area (Å²) in [6.07, 6.45) is 9.37. The molecule has 0 atom stereocenters. The zero-order chi connectivity index (χ0) is 10.1. The fourth-order valence-electron chi connectivity index (χ4n) is 2.68. The van der Waals surface area contributed by atoms with Gasteiger partial charge in [0.15, 0.2) is 0 Å². The van der Waals surface area contributed by atoms with Crippen LogP contribution in [-0.4, -0.2) is 11.0 Å². The maximum absolute atomic E-state index is 4.71. The largest absolute Gasteiger partial charge is 0.308 e. The van der Waals surface area contributed by atoms with E-state index >= 15 is 0 Å². The molecular weight excluding hydrogens is 204 g/mol. The Morgan fingerprint density at radius 2 is 2.07 bits per heavy atom. The molecule has 0 amide bonds. The summed E-state index contributed by atoms with van der Waals surface area (Å²) in [7, 11) is 0. The molecule has 82 valence electrons. The predicted octanol–water partition coefficient (Wildman–Crippen LogP) is 2.66. The van der Waals surface area contributed by atoms with E-state index in [-0.39, 0.29) is 0 Å². The fourth-order valence-corrected chi connectivity index (χ4v) is 3.79. The van der Waals surface area contributed by atoms with Gasteiger partial charge in [0.2, 0.25) is 0 Å². The van der Waals surface area contributed by atoms with E-state index in [1.54, 1.807) is 4.88 Å². The average molecular weight is 222 g/mol. The van der Waals surface area contributed by atoms with E-state index in [9.17, 15) is 0 Å². The van der Waals surface area contributed by atoms with Crippen molar-refractivity contribution < 1.29 is 0 Å². The lowest BCUT2D eigenvalue weighted by Crippen LogP contribution is -2.25. The van der Waals surface area contributed by atoms with Gasteiger partial charge in [-0.1, -0.05) is 12.8 Å². The molecule has 0 aliphatic heterocycles. The number of hydrogen-bond donors (Lipinski definition) is 1. The van der Waals surface area contributed by atoms with Gasteiger partial charge in [-0.25, -0.2) is 4.98 Å². The maximum atomic E-state index is 4.71. The van der Waals surface area contributed by atoms with Crippen molar-refractivity contribution in [3.63, 3.8) is 0 Å². The SMILES string of the molecule is C1Cc2nc(CNC3CCCC3)sc2C1. The van der Waals surface area contributed by atoms with Gasteiger partial charge >= 0.3 is 0 Å². The van der Waals surface area contributed by atoms with Gasteiger partial charge < -0.3 is 5.32 Å². The van der Waals surface area contributed by atoms with Crippen LogP contribution < -0.4 is 5.32 Å². The standard InChI is InChI=1S/C12H18N2S/c1-2-5-9(4-1)13-8-12-14-10-6-3-7-11(10)15-12/h9,13H,1-8H2. The molecule has 1 aromatic heterocycles. The Kier molecular flexibility index (Phi) is 2.76. The lowest BCUT2D eigenvalue weighted by atomic mass is 10.2. The molecule has 0 saturated heterocycles. The van der Waals surface area contributed by atoms with Gasteiger partial charge in [-0.15, -0.1) is 11.3 Å². The Labute approximate surface area is 95.1 Å². The van der Waals surface area contributed by atoms with Crippen LogP contribution in [0.1, 0.15) is 47.7 Å². The first-order valence-electron chi connectivity index (χ1n) is 6.12. The van der Waals surface area contributed by atoms with Crippen LogP contribution in [0.25, 0.3) is 0 Å². The number of aryl methyl sites for hydroxylation is 2. The van der Waals surface area contributed by atoms with Gasteiger partial charge in [0, 0.05) is 17.5 Å². The minimum atomic E-state index is 0.767. The summed E-state index contributed by atoms with van der Waals surface area (Å²) in [5.74, 6) is 0. The van der Waals surface area contributed by atoms with Crippen LogP contribution in [0.2, 0.25) is 0 Å². The first-order valence-corrected chi connectivity index (χ1v) is 6.94. The molecule has 2 aliphatic rings. The molecule has 1 aromatic rings. The summed E-state index contributed by atoms with van der Waals surface area (Å²) in [5.41, 5.74) is 1.39. The van der Waals surface area contributed by atoms with Gasteiger partial charge in [0.05, 0.1) is 5.69 Å². The second kappa shape index (κ2) is 4.22. The quantitative estimate of drug-likeness (QED) is 0.850. The van der Waals surface area contributed by atoms with Gasteiger partial charge in [0.1, 0.15) is 5.01 Å². The van der Waals surface area contributed by atoms with Crippen molar-refractivity contribution in [3.05, 3.63) is 15.6 Å². The third-order valence-electron chi connectivity index (χ3n) is 3.54. The summed E-state index contributed by atoms with van der Waals surface area (Å²) >= 11 is 1.93. The summed E-state index contributed by atoms with van der Waals surface area (Å²) in [5, 5.41) is 4.95. The van der Waals surface area contributed by atoms with Crippen LogP contribution in [0.15, 0.2) is 0 Å². The number of hydrogen-bond acceptors (Lipinski definition) is 3. The predicted molar refractivity (Wildman–Crippen MR) is 63.2 cm³/mol. The number of fused-ring (bicyclic) bond motifs is 1. The molecule has 0 radical (unpaired) electrons. The topological polar surface area (TPSA) is 24.9 Å². The molecule has 2 nitrogen and oxygen atoms in total. The Balaban J connectivity index is 1.57. The maximum Gasteiger partial charge on any atom is 0.107 e. The molecule has 1 fully saturated rings. The molecule has 0 unspecified atom stereocenters. The van der Waals surface area contributed by atoms with Crippen molar-refractivity contribution in [3.8, 4) is 0 Å². The fraction of sp³-hybridized carbons (Fsp3) is 0.750. The van der Waals surface area contributed by atoms with Crippen molar-refractivity contribution in [1.29, 1.82) is 0 Å². The Hall–Kier alpha value is -0.410. The van der Waals surface area contributed by atoms with Gasteiger partial charge in [-0.05, 0) is 32.1 Å². The highest BCUT2D eigenvalue weighted by Gasteiger charge is 2.18. The highest BCUT2D eigenvalue weighted by atomic mass is 32.1. The van der Waals surface area contributed by atoms with E-state index in [0.29, 0.717) is 0 Å². The molecule has 0 aromatic carbocycles. The van der Waals surface area contributed by atoms with Crippen LogP contribution >= 0.6 is 11.3 Å². The smallest absolute Gasteiger partial charge is 0.107 e. The van der Waals surface area contributed by atoms with E-state index in [4.69, 9.17) is 4.98 Å². The molecule has 0 spiro atoms. The highest BCUT2D eigenvalue weighted by Crippen LogP contribution is 2.27. The number of thiazole rings is 1. The Morgan fingerprint density at radius 3 is 2.87 bits per heavy atom. The van der Waals surface area contributed by atoms with E-state index in [2.05, 4.69) is 5.32 Å². The van der Waals surface area contributed by atoms with Crippen LogP contribution in [0.3, 0.4) is 0 Å². The van der Waals surface area contributed by atoms with Crippen LogP contribution in [0.4, 0.5) is 0 Å². The van der Waals surface area contributed by atoms with Crippen LogP contribution in [0, 0.1) is 0 Å². The summed E-state index contributed by atoms with van der Waals surface area (Å²) in [4.78, 5) is 6.26. The van der Waals surface area contributed by atoms with Crippen molar-refractivity contribution >= 4 is 11.3 Å². The molecule has 0 bridgehead atoms. The first-order chi connectivity index (χ1) is 7.42. The molecule has 1 saturated carbocycles. The third-order valence-corrected chi connectivity index (χ3v) is 4.69. The molecular formula is C12H18N2S. The molecule has 1 heterocycles. The van der Waals surface area contributed by atoms with Crippen molar-refractivity contribution in [2.24, 2.45) is 0 Å². The Morgan fingerprint density at radius 1 is 1.20 bits per heavy atom. The first kappa shape index (κ1) is 9.79. The number of nitrogens with zero attached hydrogens (tertiary/aromatic N) is 1. The summed E-state index contributed by atoms with van der Waals surface area (Å²) in [6, 6.07) is 0.767. The zero-order valence-electron chi connectivity index (χ0n) is 9.09. The minimum Gasteiger partial charge on any atom is -0.308 e. The third kappa shape index (κ3) is 2.08. The molecule has 2 aliphatic carbocycles. The lowest BCUT2D eigenvalue weighted by molar-refractivity contribution is 0.523. The zero-order valence-corrected chi connectivity index (χ0v) is 9.91. The summed E-state index contributed by atoms with van der Waals surface area (Å²) < 4.78 is 0. The molecule has 3 heteroatoms. The van der Waals surface area contributed by atoms with E-state index in [0.717, 1.165) is 12.6 Å². The second-order valence-corrected chi connectivity index (χ2v) is 5.86. The van der Waals surface area contributed by atoms with Crippen molar-refractivity contribution in [2.75, 3.05) is 0 Å². The lowest BCUT2D eigenvalue weighted by Gasteiger charge is -2.09. The molecule has 1 N–H and O–H groups in total. The van der Waals surface area contributed by atoms with E-state index in [1.165, 1.54) is 55.6 Å². The number of aromatic nitrogens is 1. The van der Waals surface area contributed by atoms with Crippen molar-refractivity contribution in [1.82, 2.24) is 10.3 Å². The minimum absolute atomic E-state index is 0.767. The highest BCUT2D eigenvalue weighted by molar-refractivity contribution is 7.11.